The molecule has 1 aliphatic rings. The van der Waals surface area contributed by atoms with E-state index < -0.39 is 34.5 Å². The second-order valence-corrected chi connectivity index (χ2v) is 3.37. The zero-order valence-electron chi connectivity index (χ0n) is 7.87. The number of rotatable bonds is 1. The summed E-state index contributed by atoms with van der Waals surface area (Å²) in [6, 6.07) is 2.81. The van der Waals surface area contributed by atoms with E-state index in [2.05, 4.69) is 0 Å². The van der Waals surface area contributed by atoms with Crippen molar-refractivity contribution in [1.82, 2.24) is 5.32 Å². The molecule has 1 amide bonds. The van der Waals surface area contributed by atoms with Gasteiger partial charge in [0.15, 0.2) is 0 Å². The van der Waals surface area contributed by atoms with Gasteiger partial charge in [0.05, 0.1) is 11.5 Å². The number of nitro benzene ring substituents is 1. The molecular formula is C9H6F2N2O3. The van der Waals surface area contributed by atoms with Crippen LogP contribution in [0.1, 0.15) is 15.9 Å². The van der Waals surface area contributed by atoms with Crippen molar-refractivity contribution < 1.29 is 18.5 Å². The monoisotopic (exact) mass is 228 g/mol. The van der Waals surface area contributed by atoms with Gasteiger partial charge in [0.1, 0.15) is 0 Å². The highest BCUT2D eigenvalue weighted by Crippen LogP contribution is 2.35. The lowest BCUT2D eigenvalue weighted by Crippen LogP contribution is -2.41. The van der Waals surface area contributed by atoms with Crippen molar-refractivity contribution in [3.8, 4) is 0 Å². The van der Waals surface area contributed by atoms with Crippen LogP contribution in [0.25, 0.3) is 0 Å². The van der Waals surface area contributed by atoms with Crippen LogP contribution in [0.3, 0.4) is 0 Å². The van der Waals surface area contributed by atoms with E-state index in [1.807, 2.05) is 5.32 Å². The van der Waals surface area contributed by atoms with Gasteiger partial charge in [-0.1, -0.05) is 0 Å². The molecule has 2 rings (SSSR count). The maximum atomic E-state index is 13.4. The van der Waals surface area contributed by atoms with Gasteiger partial charge in [-0.25, -0.2) is 0 Å². The van der Waals surface area contributed by atoms with Crippen LogP contribution in [0.4, 0.5) is 14.5 Å². The fraction of sp³-hybridized carbons (Fsp3) is 0.222. The van der Waals surface area contributed by atoms with E-state index in [9.17, 15) is 23.7 Å². The average Bonchev–Trinajstić information content (AvgIpc) is 2.23. The Morgan fingerprint density at radius 2 is 2.12 bits per heavy atom. The summed E-state index contributed by atoms with van der Waals surface area (Å²) >= 11 is 0. The van der Waals surface area contributed by atoms with Crippen molar-refractivity contribution in [1.29, 1.82) is 0 Å². The third kappa shape index (κ3) is 1.50. The summed E-state index contributed by atoms with van der Waals surface area (Å²) in [5, 5.41) is 12.5. The highest BCUT2D eigenvalue weighted by molar-refractivity contribution is 5.97. The lowest BCUT2D eigenvalue weighted by atomic mass is 9.96. The third-order valence-electron chi connectivity index (χ3n) is 2.32. The summed E-state index contributed by atoms with van der Waals surface area (Å²) in [5.41, 5.74) is -1.26. The van der Waals surface area contributed by atoms with Crippen LogP contribution < -0.4 is 5.32 Å². The fourth-order valence-electron chi connectivity index (χ4n) is 1.53. The lowest BCUT2D eigenvalue weighted by molar-refractivity contribution is -0.385. The molecule has 0 saturated heterocycles. The first kappa shape index (κ1) is 10.5. The highest BCUT2D eigenvalue weighted by atomic mass is 19.3. The minimum absolute atomic E-state index is 0.221. The van der Waals surface area contributed by atoms with Crippen molar-refractivity contribution in [2.45, 2.75) is 5.92 Å². The Labute approximate surface area is 88.2 Å². The molecule has 0 unspecified atom stereocenters. The summed E-state index contributed by atoms with van der Waals surface area (Å²) < 4.78 is 26.8. The maximum Gasteiger partial charge on any atom is 0.291 e. The Morgan fingerprint density at radius 3 is 2.75 bits per heavy atom. The molecule has 16 heavy (non-hydrogen) atoms. The molecule has 0 bridgehead atoms. The Bertz CT molecular complexity index is 488. The smallest absolute Gasteiger partial charge is 0.291 e. The SMILES string of the molecule is O=C1NCC(F)(F)c2cc([N+](=O)[O-])ccc21. The first-order valence-electron chi connectivity index (χ1n) is 4.37. The number of non-ortho nitro benzene ring substituents is 1. The van der Waals surface area contributed by atoms with Crippen LogP contribution in [0.2, 0.25) is 0 Å². The summed E-state index contributed by atoms with van der Waals surface area (Å²) in [6.45, 7) is -0.833. The highest BCUT2D eigenvalue weighted by Gasteiger charge is 2.40. The van der Waals surface area contributed by atoms with Crippen molar-refractivity contribution >= 4 is 11.6 Å². The molecule has 1 N–H and O–H groups in total. The third-order valence-corrected chi connectivity index (χ3v) is 2.32. The van der Waals surface area contributed by atoms with Crippen LogP contribution in [-0.4, -0.2) is 17.4 Å². The van der Waals surface area contributed by atoms with Gasteiger partial charge >= 0.3 is 0 Å². The molecule has 0 fully saturated rings. The van der Waals surface area contributed by atoms with Crippen LogP contribution in [0.15, 0.2) is 18.2 Å². The number of carbonyl (C=O) groups excluding carboxylic acids is 1. The second kappa shape index (κ2) is 3.22. The van der Waals surface area contributed by atoms with Crippen LogP contribution in [0, 0.1) is 10.1 Å². The van der Waals surface area contributed by atoms with Gasteiger partial charge < -0.3 is 5.32 Å². The molecule has 1 aromatic carbocycles. The molecule has 5 nitrogen and oxygen atoms in total. The second-order valence-electron chi connectivity index (χ2n) is 3.37. The summed E-state index contributed by atoms with van der Waals surface area (Å²) in [5.74, 6) is -3.91. The molecule has 1 heterocycles. The van der Waals surface area contributed by atoms with Gasteiger partial charge in [-0.3, -0.25) is 14.9 Å². The standard InChI is InChI=1S/C9H6F2N2O3/c10-9(11)4-12-8(14)6-2-1-5(13(15)16)3-7(6)9/h1-3H,4H2,(H,12,14). The number of fused-ring (bicyclic) bond motifs is 1. The number of nitrogens with zero attached hydrogens (tertiary/aromatic N) is 1. The van der Waals surface area contributed by atoms with Crippen LogP contribution in [-0.2, 0) is 5.92 Å². The summed E-state index contributed by atoms with van der Waals surface area (Å²) in [4.78, 5) is 20.9. The number of halogens is 2. The number of nitrogens with one attached hydrogen (secondary N) is 1. The van der Waals surface area contributed by atoms with Gasteiger partial charge in [0, 0.05) is 23.3 Å². The van der Waals surface area contributed by atoms with Gasteiger partial charge in [-0.15, -0.1) is 0 Å². The number of benzene rings is 1. The first-order valence-corrected chi connectivity index (χ1v) is 4.37. The number of hydrogen-bond donors (Lipinski definition) is 1. The Morgan fingerprint density at radius 1 is 1.44 bits per heavy atom. The van der Waals surface area contributed by atoms with Crippen molar-refractivity contribution in [2.75, 3.05) is 6.54 Å². The van der Waals surface area contributed by atoms with Crippen LogP contribution >= 0.6 is 0 Å². The van der Waals surface area contributed by atoms with Gasteiger partial charge in [0.25, 0.3) is 17.5 Å². The predicted molar refractivity (Wildman–Crippen MR) is 49.3 cm³/mol. The zero-order chi connectivity index (χ0) is 11.9. The largest absolute Gasteiger partial charge is 0.346 e. The predicted octanol–water partition coefficient (Wildman–Crippen LogP) is 1.43. The number of carbonyl (C=O) groups is 1. The molecule has 0 saturated carbocycles. The molecule has 1 aliphatic heterocycles. The Balaban J connectivity index is 2.62. The van der Waals surface area contributed by atoms with Gasteiger partial charge in [-0.2, -0.15) is 8.78 Å². The number of nitro groups is 1. The van der Waals surface area contributed by atoms with Crippen molar-refractivity contribution in [3.63, 3.8) is 0 Å². The van der Waals surface area contributed by atoms with Gasteiger partial charge in [-0.05, 0) is 6.07 Å². The van der Waals surface area contributed by atoms with Crippen molar-refractivity contribution in [2.24, 2.45) is 0 Å². The molecule has 0 aromatic heterocycles. The van der Waals surface area contributed by atoms with Gasteiger partial charge in [0.2, 0.25) is 0 Å². The average molecular weight is 228 g/mol. The molecular weight excluding hydrogens is 222 g/mol. The molecule has 0 aliphatic carbocycles. The Kier molecular flexibility index (Phi) is 2.11. The van der Waals surface area contributed by atoms with E-state index in [0.717, 1.165) is 18.2 Å². The first-order chi connectivity index (χ1) is 7.42. The van der Waals surface area contributed by atoms with Crippen molar-refractivity contribution in [3.05, 3.63) is 39.4 Å². The maximum absolute atomic E-state index is 13.4. The van der Waals surface area contributed by atoms with E-state index >= 15 is 0 Å². The van der Waals surface area contributed by atoms with E-state index in [1.54, 1.807) is 0 Å². The van der Waals surface area contributed by atoms with Crippen LogP contribution in [0.5, 0.6) is 0 Å². The van der Waals surface area contributed by atoms with E-state index in [1.165, 1.54) is 0 Å². The zero-order valence-corrected chi connectivity index (χ0v) is 7.87. The summed E-state index contributed by atoms with van der Waals surface area (Å²) in [7, 11) is 0. The quantitative estimate of drug-likeness (QED) is 0.583. The van der Waals surface area contributed by atoms with E-state index in [0.29, 0.717) is 0 Å². The minimum Gasteiger partial charge on any atom is -0.346 e. The Hall–Kier alpha value is -2.05. The minimum atomic E-state index is -3.27. The van der Waals surface area contributed by atoms with E-state index in [-0.39, 0.29) is 5.56 Å². The molecule has 0 atom stereocenters. The number of alkyl halides is 2. The molecule has 1 aromatic rings. The summed E-state index contributed by atoms with van der Waals surface area (Å²) in [6.07, 6.45) is 0. The normalized spacial score (nSPS) is 17.5. The molecule has 0 radical (unpaired) electrons. The topological polar surface area (TPSA) is 72.2 Å². The number of amides is 1. The molecule has 84 valence electrons. The molecule has 0 spiro atoms. The fourth-order valence-corrected chi connectivity index (χ4v) is 1.53. The number of hydrogen-bond acceptors (Lipinski definition) is 3. The lowest BCUT2D eigenvalue weighted by Gasteiger charge is -2.24. The van der Waals surface area contributed by atoms with E-state index in [4.69, 9.17) is 0 Å². The molecule has 7 heteroatoms.